The van der Waals surface area contributed by atoms with Crippen LogP contribution in [0.15, 0.2) is 0 Å². The Morgan fingerprint density at radius 2 is 1.81 bits per heavy atom. The quantitative estimate of drug-likeness (QED) is 0.580. The number of carbonyl (C=O) groups is 1. The van der Waals surface area contributed by atoms with Crippen LogP contribution in [0, 0.1) is 5.41 Å². The molecule has 0 fully saturated rings. The van der Waals surface area contributed by atoms with E-state index in [4.69, 9.17) is 16.2 Å². The molecule has 0 aliphatic rings. The molecule has 2 unspecified atom stereocenters. The number of esters is 1. The van der Waals surface area contributed by atoms with Crippen molar-refractivity contribution in [2.24, 2.45) is 16.9 Å². The Hall–Kier alpha value is -0.650. The van der Waals surface area contributed by atoms with Crippen molar-refractivity contribution in [3.8, 4) is 0 Å². The molecule has 5 heteroatoms. The molecule has 0 amide bonds. The van der Waals surface area contributed by atoms with Crippen LogP contribution in [0.2, 0.25) is 0 Å². The Morgan fingerprint density at radius 1 is 1.31 bits per heavy atom. The highest BCUT2D eigenvalue weighted by Gasteiger charge is 2.35. The molecule has 0 heterocycles. The maximum atomic E-state index is 11.6. The van der Waals surface area contributed by atoms with Crippen LogP contribution in [-0.4, -0.2) is 35.9 Å². The molecule has 0 aromatic carbocycles. The molecule has 0 rings (SSSR count). The minimum absolute atomic E-state index is 0.0686. The summed E-state index contributed by atoms with van der Waals surface area (Å²) in [7, 11) is 0. The monoisotopic (exact) mass is 232 g/mol. The summed E-state index contributed by atoms with van der Waals surface area (Å²) in [5, 5.41) is 9.71. The van der Waals surface area contributed by atoms with Crippen LogP contribution >= 0.6 is 0 Å². The summed E-state index contributed by atoms with van der Waals surface area (Å²) in [6.07, 6.45) is -0.732. The lowest BCUT2D eigenvalue weighted by Crippen LogP contribution is -2.45. The second-order valence-electron chi connectivity index (χ2n) is 5.37. The van der Waals surface area contributed by atoms with Gasteiger partial charge in [0.15, 0.2) is 0 Å². The van der Waals surface area contributed by atoms with Crippen LogP contribution in [0.25, 0.3) is 0 Å². The first kappa shape index (κ1) is 15.3. The summed E-state index contributed by atoms with van der Waals surface area (Å²) < 4.78 is 5.18. The second-order valence-corrected chi connectivity index (χ2v) is 5.37. The largest absolute Gasteiger partial charge is 0.460 e. The zero-order valence-electron chi connectivity index (χ0n) is 10.6. The van der Waals surface area contributed by atoms with Gasteiger partial charge in [-0.1, -0.05) is 6.92 Å². The van der Waals surface area contributed by atoms with Crippen LogP contribution in [-0.2, 0) is 9.53 Å². The lowest BCUT2D eigenvalue weighted by atomic mass is 9.81. The number of carbonyl (C=O) groups excluding carboxylic acids is 1. The Bertz CT molecular complexity index is 238. The van der Waals surface area contributed by atoms with Crippen molar-refractivity contribution in [2.45, 2.75) is 45.8 Å². The van der Waals surface area contributed by atoms with E-state index in [0.29, 0.717) is 0 Å². The maximum Gasteiger partial charge on any atom is 0.307 e. The summed E-state index contributed by atoms with van der Waals surface area (Å²) in [6.45, 7) is 7.38. The predicted octanol–water partition coefficient (Wildman–Crippen LogP) is 0.00280. The average Bonchev–Trinajstić information content (AvgIpc) is 2.13. The van der Waals surface area contributed by atoms with Crippen molar-refractivity contribution >= 4 is 5.97 Å². The van der Waals surface area contributed by atoms with E-state index in [1.807, 2.05) is 0 Å². The van der Waals surface area contributed by atoms with Crippen LogP contribution in [0.4, 0.5) is 0 Å². The van der Waals surface area contributed by atoms with Gasteiger partial charge in [0.25, 0.3) is 0 Å². The van der Waals surface area contributed by atoms with Crippen molar-refractivity contribution in [1.29, 1.82) is 0 Å². The molecule has 0 bridgehead atoms. The van der Waals surface area contributed by atoms with Gasteiger partial charge in [-0.05, 0) is 20.8 Å². The number of ether oxygens (including phenoxy) is 1. The highest BCUT2D eigenvalue weighted by molar-refractivity contribution is 5.70. The smallest absolute Gasteiger partial charge is 0.307 e. The molecule has 5 N–H and O–H groups in total. The van der Waals surface area contributed by atoms with E-state index in [2.05, 4.69) is 0 Å². The summed E-state index contributed by atoms with van der Waals surface area (Å²) >= 11 is 0. The Morgan fingerprint density at radius 3 is 2.12 bits per heavy atom. The fraction of sp³-hybridized carbons (Fsp3) is 0.909. The summed E-state index contributed by atoms with van der Waals surface area (Å²) in [5.74, 6) is -0.368. The van der Waals surface area contributed by atoms with E-state index >= 15 is 0 Å². The van der Waals surface area contributed by atoms with E-state index in [1.54, 1.807) is 27.7 Å². The first-order valence-electron chi connectivity index (χ1n) is 5.44. The summed E-state index contributed by atoms with van der Waals surface area (Å²) in [6, 6.07) is 0. The minimum Gasteiger partial charge on any atom is -0.460 e. The molecule has 0 saturated carbocycles. The van der Waals surface area contributed by atoms with Gasteiger partial charge in [-0.25, -0.2) is 0 Å². The first-order valence-corrected chi connectivity index (χ1v) is 5.44. The molecule has 0 aromatic rings. The Labute approximate surface area is 97.1 Å². The standard InChI is InChI=1S/C11H24N2O3/c1-10(2,3)16-9(15)5-11(4,7-13)8(14)6-12/h8,14H,5-7,12-13H2,1-4H3. The molecular weight excluding hydrogens is 208 g/mol. The Balaban J connectivity index is 4.49. The van der Waals surface area contributed by atoms with Gasteiger partial charge < -0.3 is 21.3 Å². The van der Waals surface area contributed by atoms with Crippen molar-refractivity contribution in [2.75, 3.05) is 13.1 Å². The summed E-state index contributed by atoms with van der Waals surface area (Å²) in [4.78, 5) is 11.6. The molecule has 0 aliphatic heterocycles. The number of hydrogen-bond acceptors (Lipinski definition) is 5. The fourth-order valence-electron chi connectivity index (χ4n) is 1.32. The topological polar surface area (TPSA) is 98.6 Å². The molecule has 0 aliphatic carbocycles. The SMILES string of the molecule is CC(C)(C)OC(=O)CC(C)(CN)C(O)CN. The van der Waals surface area contributed by atoms with E-state index in [-0.39, 0.29) is 25.5 Å². The zero-order valence-corrected chi connectivity index (χ0v) is 10.6. The molecule has 2 atom stereocenters. The van der Waals surface area contributed by atoms with Crippen molar-refractivity contribution in [1.82, 2.24) is 0 Å². The second kappa shape index (κ2) is 5.61. The van der Waals surface area contributed by atoms with Gasteiger partial charge in [0.05, 0.1) is 12.5 Å². The molecular formula is C11H24N2O3. The number of aliphatic hydroxyl groups is 1. The molecule has 16 heavy (non-hydrogen) atoms. The maximum absolute atomic E-state index is 11.6. The van der Waals surface area contributed by atoms with Crippen LogP contribution in [0.1, 0.15) is 34.1 Å². The van der Waals surface area contributed by atoms with Crippen LogP contribution < -0.4 is 11.5 Å². The van der Waals surface area contributed by atoms with Gasteiger partial charge >= 0.3 is 5.97 Å². The Kier molecular flexibility index (Phi) is 5.38. The number of aliphatic hydroxyl groups excluding tert-OH is 1. The normalized spacial score (nSPS) is 17.7. The molecule has 0 spiro atoms. The van der Waals surface area contributed by atoms with Crippen LogP contribution in [0.3, 0.4) is 0 Å². The van der Waals surface area contributed by atoms with Gasteiger partial charge in [0.2, 0.25) is 0 Å². The lowest BCUT2D eigenvalue weighted by Gasteiger charge is -2.32. The molecule has 0 radical (unpaired) electrons. The van der Waals surface area contributed by atoms with Gasteiger partial charge in [-0.3, -0.25) is 4.79 Å². The summed E-state index contributed by atoms with van der Waals surface area (Å²) in [5.41, 5.74) is 9.70. The van der Waals surface area contributed by atoms with Crippen LogP contribution in [0.5, 0.6) is 0 Å². The van der Waals surface area contributed by atoms with Crippen molar-refractivity contribution in [3.63, 3.8) is 0 Å². The third-order valence-corrected chi connectivity index (χ3v) is 2.46. The van der Waals surface area contributed by atoms with E-state index in [0.717, 1.165) is 0 Å². The number of nitrogens with two attached hydrogens (primary N) is 2. The first-order chi connectivity index (χ1) is 7.14. The molecule has 0 aromatic heterocycles. The highest BCUT2D eigenvalue weighted by Crippen LogP contribution is 2.26. The fourth-order valence-corrected chi connectivity index (χ4v) is 1.32. The predicted molar refractivity (Wildman–Crippen MR) is 62.7 cm³/mol. The lowest BCUT2D eigenvalue weighted by molar-refractivity contribution is -0.159. The van der Waals surface area contributed by atoms with Gasteiger partial charge in [-0.2, -0.15) is 0 Å². The van der Waals surface area contributed by atoms with E-state index < -0.39 is 17.1 Å². The van der Waals surface area contributed by atoms with Gasteiger partial charge in [-0.15, -0.1) is 0 Å². The third-order valence-electron chi connectivity index (χ3n) is 2.46. The molecule has 5 nitrogen and oxygen atoms in total. The number of hydrogen-bond donors (Lipinski definition) is 3. The number of rotatable bonds is 5. The highest BCUT2D eigenvalue weighted by atomic mass is 16.6. The van der Waals surface area contributed by atoms with Gasteiger partial charge in [0, 0.05) is 18.5 Å². The van der Waals surface area contributed by atoms with Crippen molar-refractivity contribution < 1.29 is 14.6 Å². The van der Waals surface area contributed by atoms with E-state index in [1.165, 1.54) is 0 Å². The molecule has 96 valence electrons. The zero-order chi connectivity index (χ0) is 13.0. The minimum atomic E-state index is -0.801. The van der Waals surface area contributed by atoms with Crippen molar-refractivity contribution in [3.05, 3.63) is 0 Å². The van der Waals surface area contributed by atoms with Gasteiger partial charge in [0.1, 0.15) is 5.60 Å². The molecule has 0 saturated heterocycles. The average molecular weight is 232 g/mol. The van der Waals surface area contributed by atoms with E-state index in [9.17, 15) is 9.90 Å². The third kappa shape index (κ3) is 4.92.